The summed E-state index contributed by atoms with van der Waals surface area (Å²) in [4.78, 5) is 17.7. The van der Waals surface area contributed by atoms with Crippen LogP contribution >= 0.6 is 0 Å². The molecule has 3 rings (SSSR count). The molecule has 0 saturated heterocycles. The maximum absolute atomic E-state index is 11.8. The maximum Gasteiger partial charge on any atom is 0.307 e. The molecule has 1 aromatic heterocycles. The number of aromatic amines is 1. The van der Waals surface area contributed by atoms with Gasteiger partial charge in [-0.2, -0.15) is 0 Å². The summed E-state index contributed by atoms with van der Waals surface area (Å²) in [6, 6.07) is 8.49. The number of fused-ring (bicyclic) bond motifs is 3. The van der Waals surface area contributed by atoms with Gasteiger partial charge >= 0.3 is 5.97 Å². The molecule has 1 atom stereocenters. The summed E-state index contributed by atoms with van der Waals surface area (Å²) in [5.41, 5.74) is 3.73. The Labute approximate surface area is 125 Å². The molecule has 0 fully saturated rings. The number of ether oxygens (including phenoxy) is 1. The van der Waals surface area contributed by atoms with Gasteiger partial charge in [0.05, 0.1) is 19.6 Å². The summed E-state index contributed by atoms with van der Waals surface area (Å²) in [5.74, 6) is -0.146. The minimum absolute atomic E-state index is 0.105. The first-order chi connectivity index (χ1) is 10.2. The Morgan fingerprint density at radius 1 is 1.43 bits per heavy atom. The molecule has 1 N–H and O–H groups in total. The predicted molar refractivity (Wildman–Crippen MR) is 83.2 cm³/mol. The molecule has 112 valence electrons. The van der Waals surface area contributed by atoms with E-state index in [2.05, 4.69) is 35.0 Å². The van der Waals surface area contributed by atoms with Gasteiger partial charge in [0.15, 0.2) is 0 Å². The molecule has 2 heterocycles. The minimum Gasteiger partial charge on any atom is -0.469 e. The number of carbonyl (C=O) groups excluding carboxylic acids is 1. The smallest absolute Gasteiger partial charge is 0.307 e. The first kappa shape index (κ1) is 14.1. The SMILES string of the molecule is CCCN1CCc2c([nH]c3ccccc23)C1CC(=O)OC. The van der Waals surface area contributed by atoms with Crippen LogP contribution < -0.4 is 0 Å². The van der Waals surface area contributed by atoms with Crippen molar-refractivity contribution in [1.82, 2.24) is 9.88 Å². The van der Waals surface area contributed by atoms with Crippen LogP contribution in [-0.2, 0) is 16.0 Å². The van der Waals surface area contributed by atoms with Crippen molar-refractivity contribution in [2.75, 3.05) is 20.2 Å². The van der Waals surface area contributed by atoms with Crippen molar-refractivity contribution in [2.24, 2.45) is 0 Å². The minimum atomic E-state index is -0.146. The Kier molecular flexibility index (Phi) is 3.97. The number of benzene rings is 1. The zero-order chi connectivity index (χ0) is 14.8. The van der Waals surface area contributed by atoms with E-state index in [0.717, 1.165) is 31.4 Å². The molecular formula is C17H22N2O2. The maximum atomic E-state index is 11.8. The highest BCUT2D eigenvalue weighted by Gasteiger charge is 2.31. The number of nitrogens with one attached hydrogen (secondary N) is 1. The van der Waals surface area contributed by atoms with Gasteiger partial charge in [0.1, 0.15) is 0 Å². The molecule has 4 heteroatoms. The lowest BCUT2D eigenvalue weighted by atomic mass is 9.95. The molecule has 1 aromatic carbocycles. The monoisotopic (exact) mass is 286 g/mol. The molecule has 1 aliphatic rings. The number of rotatable bonds is 4. The fourth-order valence-electron chi connectivity index (χ4n) is 3.40. The molecule has 0 radical (unpaired) electrons. The van der Waals surface area contributed by atoms with E-state index in [1.54, 1.807) is 0 Å². The zero-order valence-corrected chi connectivity index (χ0v) is 12.7. The van der Waals surface area contributed by atoms with Gasteiger partial charge in [-0.15, -0.1) is 0 Å². The van der Waals surface area contributed by atoms with Crippen molar-refractivity contribution in [3.05, 3.63) is 35.5 Å². The quantitative estimate of drug-likeness (QED) is 0.879. The molecule has 0 aliphatic carbocycles. The first-order valence-corrected chi connectivity index (χ1v) is 7.65. The van der Waals surface area contributed by atoms with Crippen molar-refractivity contribution < 1.29 is 9.53 Å². The average molecular weight is 286 g/mol. The molecule has 2 aromatic rings. The number of para-hydroxylation sites is 1. The first-order valence-electron chi connectivity index (χ1n) is 7.65. The molecule has 21 heavy (non-hydrogen) atoms. The summed E-state index contributed by atoms with van der Waals surface area (Å²) < 4.78 is 4.89. The molecular weight excluding hydrogens is 264 g/mol. The second kappa shape index (κ2) is 5.90. The largest absolute Gasteiger partial charge is 0.469 e. The van der Waals surface area contributed by atoms with Crippen molar-refractivity contribution in [3.8, 4) is 0 Å². The third-order valence-corrected chi connectivity index (χ3v) is 4.37. The van der Waals surface area contributed by atoms with Gasteiger partial charge in [0.2, 0.25) is 0 Å². The second-order valence-corrected chi connectivity index (χ2v) is 5.64. The van der Waals surface area contributed by atoms with Crippen LogP contribution in [0.5, 0.6) is 0 Å². The Bertz CT molecular complexity index is 647. The highest BCUT2D eigenvalue weighted by atomic mass is 16.5. The lowest BCUT2D eigenvalue weighted by Gasteiger charge is -2.35. The van der Waals surface area contributed by atoms with Crippen LogP contribution in [0, 0.1) is 0 Å². The summed E-state index contributed by atoms with van der Waals surface area (Å²) >= 11 is 0. The van der Waals surface area contributed by atoms with E-state index < -0.39 is 0 Å². The van der Waals surface area contributed by atoms with Gasteiger partial charge in [0.25, 0.3) is 0 Å². The second-order valence-electron chi connectivity index (χ2n) is 5.64. The van der Waals surface area contributed by atoms with E-state index >= 15 is 0 Å². The molecule has 4 nitrogen and oxygen atoms in total. The lowest BCUT2D eigenvalue weighted by Crippen LogP contribution is -2.37. The van der Waals surface area contributed by atoms with Gasteiger partial charge in [-0.25, -0.2) is 0 Å². The van der Waals surface area contributed by atoms with E-state index in [1.165, 1.54) is 23.8 Å². The average Bonchev–Trinajstić information content (AvgIpc) is 2.88. The fourth-order valence-corrected chi connectivity index (χ4v) is 3.40. The molecule has 1 unspecified atom stereocenters. The van der Waals surface area contributed by atoms with Gasteiger partial charge in [-0.05, 0) is 31.0 Å². The van der Waals surface area contributed by atoms with Crippen LogP contribution in [0.15, 0.2) is 24.3 Å². The van der Waals surface area contributed by atoms with E-state index in [9.17, 15) is 4.79 Å². The molecule has 0 amide bonds. The molecule has 0 spiro atoms. The summed E-state index contributed by atoms with van der Waals surface area (Å²) in [6.07, 6.45) is 2.54. The van der Waals surface area contributed by atoms with Crippen molar-refractivity contribution >= 4 is 16.9 Å². The Balaban J connectivity index is 2.02. The predicted octanol–water partition coefficient (Wildman–Crippen LogP) is 3.04. The summed E-state index contributed by atoms with van der Waals surface area (Å²) in [7, 11) is 1.46. The number of methoxy groups -OCH3 is 1. The Hall–Kier alpha value is -1.81. The molecule has 0 saturated carbocycles. The molecule has 0 bridgehead atoms. The standard InChI is InChI=1S/C17H22N2O2/c1-3-9-19-10-8-13-12-6-4-5-7-14(12)18-17(13)15(19)11-16(20)21-2/h4-7,15,18H,3,8-11H2,1-2H3. The topological polar surface area (TPSA) is 45.3 Å². The Morgan fingerprint density at radius 3 is 3.00 bits per heavy atom. The van der Waals surface area contributed by atoms with Gasteiger partial charge in [-0.3, -0.25) is 9.69 Å². The van der Waals surface area contributed by atoms with Gasteiger partial charge in [0, 0.05) is 23.1 Å². The summed E-state index contributed by atoms with van der Waals surface area (Å²) in [6.45, 7) is 4.19. The van der Waals surface area contributed by atoms with Crippen molar-refractivity contribution in [1.29, 1.82) is 0 Å². The van der Waals surface area contributed by atoms with Gasteiger partial charge < -0.3 is 9.72 Å². The number of esters is 1. The summed E-state index contributed by atoms with van der Waals surface area (Å²) in [5, 5.41) is 1.29. The van der Waals surface area contributed by atoms with E-state index in [-0.39, 0.29) is 12.0 Å². The number of aromatic nitrogens is 1. The highest BCUT2D eigenvalue weighted by molar-refractivity contribution is 5.85. The number of carbonyl (C=O) groups is 1. The highest BCUT2D eigenvalue weighted by Crippen LogP contribution is 2.36. The number of H-pyrrole nitrogens is 1. The van der Waals surface area contributed by atoms with E-state index in [1.807, 2.05) is 6.07 Å². The van der Waals surface area contributed by atoms with Crippen molar-refractivity contribution in [3.63, 3.8) is 0 Å². The third-order valence-electron chi connectivity index (χ3n) is 4.37. The fraction of sp³-hybridized carbons (Fsp3) is 0.471. The Morgan fingerprint density at radius 2 is 2.24 bits per heavy atom. The number of hydrogen-bond acceptors (Lipinski definition) is 3. The van der Waals surface area contributed by atoms with Crippen LogP contribution in [0.4, 0.5) is 0 Å². The number of nitrogens with zero attached hydrogens (tertiary/aromatic N) is 1. The van der Waals surface area contributed by atoms with Crippen LogP contribution in [0.2, 0.25) is 0 Å². The zero-order valence-electron chi connectivity index (χ0n) is 12.7. The number of hydrogen-bond donors (Lipinski definition) is 1. The van der Waals surface area contributed by atoms with Crippen molar-refractivity contribution in [2.45, 2.75) is 32.2 Å². The third kappa shape index (κ3) is 2.56. The van der Waals surface area contributed by atoms with Crippen LogP contribution in [0.1, 0.15) is 37.1 Å². The van der Waals surface area contributed by atoms with Crippen LogP contribution in [0.3, 0.4) is 0 Å². The molecule has 1 aliphatic heterocycles. The van der Waals surface area contributed by atoms with E-state index in [0.29, 0.717) is 6.42 Å². The van der Waals surface area contributed by atoms with Gasteiger partial charge in [-0.1, -0.05) is 25.1 Å². The van der Waals surface area contributed by atoms with E-state index in [4.69, 9.17) is 4.74 Å². The normalized spacial score (nSPS) is 18.7. The van der Waals surface area contributed by atoms with Crippen LogP contribution in [-0.4, -0.2) is 36.1 Å². The lowest BCUT2D eigenvalue weighted by molar-refractivity contribution is -0.142. The van der Waals surface area contributed by atoms with Crippen LogP contribution in [0.25, 0.3) is 10.9 Å².